The number of carbonyl (C=O) groups excluding carboxylic acids is 1. The van der Waals surface area contributed by atoms with Gasteiger partial charge in [-0.3, -0.25) is 9.78 Å². The summed E-state index contributed by atoms with van der Waals surface area (Å²) < 4.78 is 0. The number of fused-ring (bicyclic) bond motifs is 1. The Morgan fingerprint density at radius 1 is 1.29 bits per heavy atom. The Morgan fingerprint density at radius 3 is 2.86 bits per heavy atom. The van der Waals surface area contributed by atoms with Gasteiger partial charge in [-0.1, -0.05) is 12.1 Å². The summed E-state index contributed by atoms with van der Waals surface area (Å²) >= 11 is 0. The van der Waals surface area contributed by atoms with E-state index in [-0.39, 0.29) is 5.91 Å². The fourth-order valence-corrected chi connectivity index (χ4v) is 3.19. The first-order valence-electron chi connectivity index (χ1n) is 7.55. The van der Waals surface area contributed by atoms with Crippen molar-refractivity contribution in [1.82, 2.24) is 9.88 Å². The molecule has 2 aromatic rings. The summed E-state index contributed by atoms with van der Waals surface area (Å²) in [6, 6.07) is 8.27. The Bertz CT molecular complexity index is 705. The molecule has 0 spiro atoms. The van der Waals surface area contributed by atoms with E-state index in [1.165, 1.54) is 18.4 Å². The van der Waals surface area contributed by atoms with E-state index in [1.54, 1.807) is 6.20 Å². The first-order chi connectivity index (χ1) is 10.2. The Balaban J connectivity index is 1.71. The Morgan fingerprint density at radius 2 is 2.14 bits per heavy atom. The van der Waals surface area contributed by atoms with Gasteiger partial charge in [-0.15, -0.1) is 0 Å². The topological polar surface area (TPSA) is 33.2 Å². The lowest BCUT2D eigenvalue weighted by Crippen LogP contribution is -2.26. The summed E-state index contributed by atoms with van der Waals surface area (Å²) in [4.78, 5) is 18.7. The number of rotatable bonds is 3. The van der Waals surface area contributed by atoms with Gasteiger partial charge in [0.1, 0.15) is 0 Å². The highest BCUT2D eigenvalue weighted by Crippen LogP contribution is 2.35. The maximum atomic E-state index is 12.5. The number of carbonyl (C=O) groups is 1. The Kier molecular flexibility index (Phi) is 2.81. The third kappa shape index (κ3) is 2.23. The third-order valence-corrected chi connectivity index (χ3v) is 4.45. The first kappa shape index (κ1) is 12.6. The van der Waals surface area contributed by atoms with Gasteiger partial charge >= 0.3 is 0 Å². The van der Waals surface area contributed by atoms with E-state index < -0.39 is 0 Å². The maximum absolute atomic E-state index is 12.5. The number of nitrogens with zero attached hydrogens (tertiary/aromatic N) is 2. The molecule has 4 rings (SSSR count). The largest absolute Gasteiger partial charge is 0.334 e. The number of benzene rings is 1. The van der Waals surface area contributed by atoms with Crippen LogP contribution in [-0.4, -0.2) is 22.3 Å². The summed E-state index contributed by atoms with van der Waals surface area (Å²) in [5.74, 6) is 0.952. The van der Waals surface area contributed by atoms with Gasteiger partial charge in [0.15, 0.2) is 0 Å². The minimum absolute atomic E-state index is 0.215. The van der Waals surface area contributed by atoms with Crippen LogP contribution < -0.4 is 0 Å². The van der Waals surface area contributed by atoms with Crippen molar-refractivity contribution in [3.63, 3.8) is 0 Å². The predicted octanol–water partition coefficient (Wildman–Crippen LogP) is 3.42. The second-order valence-electron chi connectivity index (χ2n) is 6.20. The highest BCUT2D eigenvalue weighted by molar-refractivity contribution is 6.00. The molecule has 0 N–H and O–H groups in total. The fourth-order valence-electron chi connectivity index (χ4n) is 3.19. The van der Waals surface area contributed by atoms with Crippen molar-refractivity contribution in [2.24, 2.45) is 5.92 Å². The van der Waals surface area contributed by atoms with Crippen LogP contribution in [0.1, 0.15) is 34.3 Å². The Labute approximate surface area is 124 Å². The van der Waals surface area contributed by atoms with Crippen molar-refractivity contribution in [2.75, 3.05) is 6.54 Å². The molecule has 0 bridgehead atoms. The molecule has 106 valence electrons. The standard InChI is InChI=1S/C18H18N2O/c1-12-7-15(14-3-2-6-19-9-14)8-16-11-20(10-13-4-5-13)18(21)17(12)16/h2-3,6-9,13H,4-5,10-11H2,1H3. The van der Waals surface area contributed by atoms with Gasteiger partial charge < -0.3 is 4.90 Å². The minimum atomic E-state index is 0.215. The molecule has 1 amide bonds. The zero-order valence-corrected chi connectivity index (χ0v) is 12.2. The summed E-state index contributed by atoms with van der Waals surface area (Å²) in [5, 5.41) is 0. The molecule has 2 aliphatic rings. The maximum Gasteiger partial charge on any atom is 0.254 e. The minimum Gasteiger partial charge on any atom is -0.334 e. The van der Waals surface area contributed by atoms with Crippen molar-refractivity contribution in [3.05, 3.63) is 53.3 Å². The molecule has 0 saturated heterocycles. The van der Waals surface area contributed by atoms with Crippen LogP contribution in [0.2, 0.25) is 0 Å². The molecule has 21 heavy (non-hydrogen) atoms. The van der Waals surface area contributed by atoms with Crippen LogP contribution in [0, 0.1) is 12.8 Å². The van der Waals surface area contributed by atoms with Gasteiger partial charge in [-0.05, 0) is 54.5 Å². The monoisotopic (exact) mass is 278 g/mol. The molecular weight excluding hydrogens is 260 g/mol. The van der Waals surface area contributed by atoms with Crippen LogP contribution in [0.25, 0.3) is 11.1 Å². The Hall–Kier alpha value is -2.16. The van der Waals surface area contributed by atoms with E-state index in [4.69, 9.17) is 0 Å². The fraction of sp³-hybridized carbons (Fsp3) is 0.333. The lowest BCUT2D eigenvalue weighted by molar-refractivity contribution is 0.0770. The van der Waals surface area contributed by atoms with Crippen molar-refractivity contribution in [2.45, 2.75) is 26.3 Å². The van der Waals surface area contributed by atoms with E-state index in [0.717, 1.165) is 41.3 Å². The van der Waals surface area contributed by atoms with Crippen LogP contribution in [0.4, 0.5) is 0 Å². The number of hydrogen-bond acceptors (Lipinski definition) is 2. The number of amides is 1. The van der Waals surface area contributed by atoms with Crippen LogP contribution in [-0.2, 0) is 6.54 Å². The SMILES string of the molecule is Cc1cc(-c2cccnc2)cc2c1C(=O)N(CC1CC1)C2. The number of pyridine rings is 1. The smallest absolute Gasteiger partial charge is 0.254 e. The molecule has 1 aliphatic carbocycles. The van der Waals surface area contributed by atoms with Gasteiger partial charge in [0.25, 0.3) is 5.91 Å². The quantitative estimate of drug-likeness (QED) is 0.862. The average Bonchev–Trinajstić information content (AvgIpc) is 3.25. The van der Waals surface area contributed by atoms with E-state index >= 15 is 0 Å². The number of aromatic nitrogens is 1. The highest BCUT2D eigenvalue weighted by Gasteiger charge is 2.33. The zero-order chi connectivity index (χ0) is 14.4. The molecule has 0 radical (unpaired) electrons. The van der Waals surface area contributed by atoms with Crippen LogP contribution in [0.15, 0.2) is 36.7 Å². The van der Waals surface area contributed by atoms with Crippen molar-refractivity contribution in [3.8, 4) is 11.1 Å². The van der Waals surface area contributed by atoms with Gasteiger partial charge in [-0.2, -0.15) is 0 Å². The van der Waals surface area contributed by atoms with Crippen molar-refractivity contribution < 1.29 is 4.79 Å². The molecule has 1 aromatic heterocycles. The van der Waals surface area contributed by atoms with Crippen LogP contribution >= 0.6 is 0 Å². The number of hydrogen-bond donors (Lipinski definition) is 0. The molecule has 1 aliphatic heterocycles. The van der Waals surface area contributed by atoms with Gasteiger partial charge in [0.05, 0.1) is 0 Å². The molecule has 1 aromatic carbocycles. The summed E-state index contributed by atoms with van der Waals surface area (Å²) in [7, 11) is 0. The molecule has 3 heteroatoms. The molecule has 2 heterocycles. The molecule has 3 nitrogen and oxygen atoms in total. The predicted molar refractivity (Wildman–Crippen MR) is 81.9 cm³/mol. The van der Waals surface area contributed by atoms with Gasteiger partial charge in [0, 0.05) is 36.6 Å². The summed E-state index contributed by atoms with van der Waals surface area (Å²) in [6.07, 6.45) is 6.21. The van der Waals surface area contributed by atoms with Gasteiger partial charge in [0.2, 0.25) is 0 Å². The normalized spacial score (nSPS) is 17.2. The second-order valence-corrected chi connectivity index (χ2v) is 6.20. The average molecular weight is 278 g/mol. The third-order valence-electron chi connectivity index (χ3n) is 4.45. The van der Waals surface area contributed by atoms with E-state index in [2.05, 4.69) is 23.2 Å². The lowest BCUT2D eigenvalue weighted by Gasteiger charge is -2.14. The van der Waals surface area contributed by atoms with Crippen LogP contribution in [0.3, 0.4) is 0 Å². The lowest BCUT2D eigenvalue weighted by atomic mass is 9.97. The number of aryl methyl sites for hydroxylation is 1. The molecule has 1 fully saturated rings. The van der Waals surface area contributed by atoms with Crippen molar-refractivity contribution in [1.29, 1.82) is 0 Å². The second kappa shape index (κ2) is 4.69. The first-order valence-corrected chi connectivity index (χ1v) is 7.55. The molecule has 1 saturated carbocycles. The van der Waals surface area contributed by atoms with Gasteiger partial charge in [-0.25, -0.2) is 0 Å². The van der Waals surface area contributed by atoms with E-state index in [9.17, 15) is 4.79 Å². The molecular formula is C18H18N2O. The zero-order valence-electron chi connectivity index (χ0n) is 12.2. The van der Waals surface area contributed by atoms with E-state index in [0.29, 0.717) is 0 Å². The summed E-state index contributed by atoms with van der Waals surface area (Å²) in [6.45, 7) is 3.73. The van der Waals surface area contributed by atoms with Crippen LogP contribution in [0.5, 0.6) is 0 Å². The van der Waals surface area contributed by atoms with E-state index in [1.807, 2.05) is 24.1 Å². The summed E-state index contributed by atoms with van der Waals surface area (Å²) in [5.41, 5.74) is 5.43. The van der Waals surface area contributed by atoms with Crippen molar-refractivity contribution >= 4 is 5.91 Å². The highest BCUT2D eigenvalue weighted by atomic mass is 16.2. The molecule has 0 atom stereocenters. The molecule has 0 unspecified atom stereocenters.